The molecule has 0 saturated carbocycles. The van der Waals surface area contributed by atoms with Gasteiger partial charge >= 0.3 is 0 Å². The molecule has 5 nitrogen and oxygen atoms in total. The van der Waals surface area contributed by atoms with Crippen LogP contribution in [0.15, 0.2) is 76.1 Å². The molecular weight excluding hydrogens is 478 g/mol. The van der Waals surface area contributed by atoms with Gasteiger partial charge in [-0.05, 0) is 67.2 Å². The van der Waals surface area contributed by atoms with Crippen molar-refractivity contribution in [2.24, 2.45) is 5.73 Å². The lowest BCUT2D eigenvalue weighted by molar-refractivity contribution is 0.301. The van der Waals surface area contributed by atoms with E-state index in [1.807, 2.05) is 54.8 Å². The number of benzene rings is 2. The van der Waals surface area contributed by atoms with E-state index >= 15 is 0 Å². The molecule has 3 aromatic rings. The third-order valence-corrected chi connectivity index (χ3v) is 5.67. The largest absolute Gasteiger partial charge is 0.487 e. The minimum absolute atomic E-state index is 0.372. The minimum Gasteiger partial charge on any atom is -0.487 e. The normalized spacial score (nSPS) is 11.5. The fourth-order valence-electron chi connectivity index (χ4n) is 3.43. The Kier molecular flexibility index (Phi) is 10.1. The van der Waals surface area contributed by atoms with Gasteiger partial charge in [0.2, 0.25) is 5.89 Å². The van der Waals surface area contributed by atoms with Crippen molar-refractivity contribution in [3.63, 3.8) is 0 Å². The van der Waals surface area contributed by atoms with Crippen molar-refractivity contribution in [3.8, 4) is 5.75 Å². The first-order valence-electron chi connectivity index (χ1n) is 11.4. The molecule has 2 aromatic carbocycles. The van der Waals surface area contributed by atoms with Crippen LogP contribution in [0.2, 0.25) is 0 Å². The van der Waals surface area contributed by atoms with Crippen molar-refractivity contribution in [1.82, 2.24) is 9.88 Å². The van der Waals surface area contributed by atoms with Gasteiger partial charge in [-0.25, -0.2) is 4.98 Å². The average molecular weight is 510 g/mol. The number of hydrogen-bond acceptors (Lipinski definition) is 5. The first-order valence-corrected chi connectivity index (χ1v) is 12.2. The number of oxazole rings is 1. The van der Waals surface area contributed by atoms with Gasteiger partial charge in [-0.2, -0.15) is 0 Å². The predicted octanol–water partition coefficient (Wildman–Crippen LogP) is 6.65. The summed E-state index contributed by atoms with van der Waals surface area (Å²) in [5, 5.41) is 0. The fraction of sp³-hybridized carbons (Fsp3) is 0.296. The van der Waals surface area contributed by atoms with Gasteiger partial charge in [-0.1, -0.05) is 47.1 Å². The number of aryl methyl sites for hydroxylation is 1. The van der Waals surface area contributed by atoms with Gasteiger partial charge in [-0.3, -0.25) is 0 Å². The van der Waals surface area contributed by atoms with Crippen LogP contribution in [-0.4, -0.2) is 23.0 Å². The van der Waals surface area contributed by atoms with Gasteiger partial charge in [0.05, 0.1) is 0 Å². The molecule has 0 bridgehead atoms. The Morgan fingerprint density at radius 3 is 2.55 bits per heavy atom. The number of ether oxygens (including phenoxy) is 1. The van der Waals surface area contributed by atoms with Gasteiger partial charge in [-0.15, -0.1) is 0 Å². The molecule has 0 aliphatic rings. The van der Waals surface area contributed by atoms with Gasteiger partial charge < -0.3 is 19.8 Å². The predicted molar refractivity (Wildman–Crippen MR) is 138 cm³/mol. The molecule has 174 valence electrons. The molecular formula is C27H32BrN3O2. The second kappa shape index (κ2) is 13.5. The van der Waals surface area contributed by atoms with E-state index in [0.29, 0.717) is 12.5 Å². The summed E-state index contributed by atoms with van der Waals surface area (Å²) in [5.41, 5.74) is 8.69. The van der Waals surface area contributed by atoms with Crippen LogP contribution in [0.25, 0.3) is 12.2 Å². The van der Waals surface area contributed by atoms with Gasteiger partial charge in [0.1, 0.15) is 24.3 Å². The molecule has 0 radical (unpaired) electrons. The van der Waals surface area contributed by atoms with E-state index in [4.69, 9.17) is 14.9 Å². The summed E-state index contributed by atoms with van der Waals surface area (Å²) in [6, 6.07) is 16.4. The minimum atomic E-state index is 0.372. The van der Waals surface area contributed by atoms with Gasteiger partial charge in [0, 0.05) is 36.0 Å². The first kappa shape index (κ1) is 24.6. The average Bonchev–Trinajstić information content (AvgIpc) is 3.29. The molecule has 2 N–H and O–H groups in total. The van der Waals surface area contributed by atoms with E-state index in [1.54, 1.807) is 12.5 Å². The number of unbranched alkanes of at least 4 members (excludes halogenated alkanes) is 1. The lowest BCUT2D eigenvalue weighted by atomic mass is 10.1. The molecule has 1 aromatic heterocycles. The lowest BCUT2D eigenvalue weighted by Gasteiger charge is -2.19. The molecule has 0 unspecified atom stereocenters. The molecule has 6 heteroatoms. The Morgan fingerprint density at radius 2 is 1.82 bits per heavy atom. The quantitative estimate of drug-likeness (QED) is 0.261. The number of nitrogens with two attached hydrogens (primary N) is 1. The Bertz CT molecular complexity index is 1010. The summed E-state index contributed by atoms with van der Waals surface area (Å²) in [7, 11) is 0. The number of rotatable bonds is 13. The number of nitrogens with zero attached hydrogens (tertiary/aromatic N) is 2. The van der Waals surface area contributed by atoms with Crippen LogP contribution in [0, 0.1) is 0 Å². The van der Waals surface area contributed by atoms with E-state index in [2.05, 4.69) is 44.9 Å². The second-order valence-electron chi connectivity index (χ2n) is 7.83. The summed E-state index contributed by atoms with van der Waals surface area (Å²) >= 11 is 3.44. The molecule has 0 aliphatic heterocycles. The monoisotopic (exact) mass is 509 g/mol. The van der Waals surface area contributed by atoms with Crippen molar-refractivity contribution in [1.29, 1.82) is 0 Å². The van der Waals surface area contributed by atoms with E-state index < -0.39 is 0 Å². The summed E-state index contributed by atoms with van der Waals surface area (Å²) in [5.74, 6) is 1.39. The summed E-state index contributed by atoms with van der Waals surface area (Å²) in [4.78, 5) is 6.74. The second-order valence-corrected chi connectivity index (χ2v) is 8.74. The standard InChI is InChI=1S/C27H32BrN3O2/c1-2-17-31(19-16-29)18-4-3-5-22-8-13-26(14-9-22)32-20-25-21-33-27(30-25)15-10-23-6-11-24(28)12-7-23/h6-16,19,21H,2-5,17-18,20,29H2,1H3/b15-10+,19-16-. The van der Waals surface area contributed by atoms with E-state index in [-0.39, 0.29) is 0 Å². The highest BCUT2D eigenvalue weighted by atomic mass is 79.9. The van der Waals surface area contributed by atoms with Crippen molar-refractivity contribution in [3.05, 3.63) is 94.4 Å². The van der Waals surface area contributed by atoms with Crippen LogP contribution in [-0.2, 0) is 13.0 Å². The number of halogens is 1. The molecule has 0 atom stereocenters. The van der Waals surface area contributed by atoms with E-state index in [1.165, 1.54) is 5.56 Å². The topological polar surface area (TPSA) is 64.5 Å². The van der Waals surface area contributed by atoms with Crippen LogP contribution in [0.4, 0.5) is 0 Å². The summed E-state index contributed by atoms with van der Waals surface area (Å²) in [6.07, 6.45) is 13.5. The van der Waals surface area contributed by atoms with Crippen LogP contribution in [0.5, 0.6) is 5.75 Å². The number of aromatic nitrogens is 1. The highest BCUT2D eigenvalue weighted by molar-refractivity contribution is 9.10. The maximum absolute atomic E-state index is 5.87. The summed E-state index contributed by atoms with van der Waals surface area (Å²) < 4.78 is 12.4. The highest BCUT2D eigenvalue weighted by Gasteiger charge is 2.04. The van der Waals surface area contributed by atoms with Crippen molar-refractivity contribution in [2.45, 2.75) is 39.2 Å². The van der Waals surface area contributed by atoms with Crippen molar-refractivity contribution < 1.29 is 9.15 Å². The van der Waals surface area contributed by atoms with Crippen molar-refractivity contribution in [2.75, 3.05) is 13.1 Å². The Hall–Kier alpha value is -2.99. The molecule has 1 heterocycles. The van der Waals surface area contributed by atoms with Crippen LogP contribution < -0.4 is 10.5 Å². The highest BCUT2D eigenvalue weighted by Crippen LogP contribution is 2.17. The first-order chi connectivity index (χ1) is 16.2. The molecule has 0 saturated heterocycles. The van der Waals surface area contributed by atoms with E-state index in [0.717, 1.165) is 60.3 Å². The van der Waals surface area contributed by atoms with E-state index in [9.17, 15) is 0 Å². The zero-order valence-corrected chi connectivity index (χ0v) is 20.7. The van der Waals surface area contributed by atoms with Gasteiger partial charge in [0.25, 0.3) is 0 Å². The molecule has 33 heavy (non-hydrogen) atoms. The SMILES string of the molecule is CCCN(/C=C\N)CCCCc1ccc(OCc2coc(/C=C/c3ccc(Br)cc3)n2)cc1. The zero-order valence-electron chi connectivity index (χ0n) is 19.1. The number of hydrogen-bond donors (Lipinski definition) is 1. The Balaban J connectivity index is 1.40. The Morgan fingerprint density at radius 1 is 1.03 bits per heavy atom. The molecule has 0 aliphatic carbocycles. The van der Waals surface area contributed by atoms with Crippen LogP contribution >= 0.6 is 15.9 Å². The molecule has 0 spiro atoms. The molecule has 0 amide bonds. The van der Waals surface area contributed by atoms with Crippen molar-refractivity contribution >= 4 is 28.1 Å². The zero-order chi connectivity index (χ0) is 23.3. The van der Waals surface area contributed by atoms with Crippen LogP contribution in [0.3, 0.4) is 0 Å². The Labute approximate surface area is 205 Å². The summed E-state index contributed by atoms with van der Waals surface area (Å²) in [6.45, 7) is 4.65. The maximum atomic E-state index is 5.87. The fourth-order valence-corrected chi connectivity index (χ4v) is 3.69. The molecule has 0 fully saturated rings. The third-order valence-electron chi connectivity index (χ3n) is 5.14. The maximum Gasteiger partial charge on any atom is 0.218 e. The molecule has 3 rings (SSSR count). The lowest BCUT2D eigenvalue weighted by Crippen LogP contribution is -2.20. The third kappa shape index (κ3) is 8.81. The van der Waals surface area contributed by atoms with Gasteiger partial charge in [0.15, 0.2) is 0 Å². The van der Waals surface area contributed by atoms with Crippen LogP contribution in [0.1, 0.15) is 48.9 Å². The smallest absolute Gasteiger partial charge is 0.218 e.